The van der Waals surface area contributed by atoms with Gasteiger partial charge in [0.05, 0.1) is 17.6 Å². The zero-order valence-electron chi connectivity index (χ0n) is 11.8. The first-order valence-corrected chi connectivity index (χ1v) is 6.75. The normalized spacial score (nSPS) is 12.2. The zero-order chi connectivity index (χ0) is 14.7. The van der Waals surface area contributed by atoms with Crippen LogP contribution in [0.2, 0.25) is 0 Å². The molecule has 3 N–H and O–H groups in total. The van der Waals surface area contributed by atoms with Crippen LogP contribution >= 0.6 is 12.2 Å². The van der Waals surface area contributed by atoms with E-state index in [2.05, 4.69) is 27.4 Å². The number of aromatic nitrogens is 4. The molecule has 2 aromatic heterocycles. The highest BCUT2D eigenvalue weighted by molar-refractivity contribution is 7.80. The summed E-state index contributed by atoms with van der Waals surface area (Å²) < 4.78 is 1.99. The minimum Gasteiger partial charge on any atom is -0.389 e. The molecule has 2 aromatic rings. The summed E-state index contributed by atoms with van der Waals surface area (Å²) in [6.07, 6.45) is 5.44. The van der Waals surface area contributed by atoms with Crippen LogP contribution in [0.1, 0.15) is 23.7 Å². The van der Waals surface area contributed by atoms with E-state index < -0.39 is 0 Å². The summed E-state index contributed by atoms with van der Waals surface area (Å²) in [5.41, 5.74) is 8.37. The number of hydrogen-bond donors (Lipinski definition) is 2. The van der Waals surface area contributed by atoms with Crippen molar-refractivity contribution in [3.8, 4) is 0 Å². The van der Waals surface area contributed by atoms with Crippen molar-refractivity contribution in [2.45, 2.75) is 33.4 Å². The third-order valence-corrected chi connectivity index (χ3v) is 3.33. The standard InChI is InChI=1S/C13H18N6S/c1-8(6-19-5-4-15-7-19)16-13-11(12(14)20)9(2)10(3)17-18-13/h4-5,7-8H,6H2,1-3H3,(H2,14,20)(H,16,18). The van der Waals surface area contributed by atoms with E-state index in [1.165, 1.54) is 0 Å². The molecule has 0 aliphatic heterocycles. The first kappa shape index (κ1) is 14.4. The van der Waals surface area contributed by atoms with Gasteiger partial charge in [0.1, 0.15) is 4.99 Å². The van der Waals surface area contributed by atoms with Crippen molar-refractivity contribution in [1.82, 2.24) is 19.7 Å². The van der Waals surface area contributed by atoms with E-state index in [-0.39, 0.29) is 6.04 Å². The van der Waals surface area contributed by atoms with Crippen molar-refractivity contribution < 1.29 is 0 Å². The number of nitrogens with two attached hydrogens (primary N) is 1. The summed E-state index contributed by atoms with van der Waals surface area (Å²) in [7, 11) is 0. The lowest BCUT2D eigenvalue weighted by Crippen LogP contribution is -2.25. The smallest absolute Gasteiger partial charge is 0.159 e. The highest BCUT2D eigenvalue weighted by Crippen LogP contribution is 2.19. The van der Waals surface area contributed by atoms with E-state index in [4.69, 9.17) is 18.0 Å². The number of rotatable bonds is 5. The van der Waals surface area contributed by atoms with Crippen LogP contribution in [0.15, 0.2) is 18.7 Å². The van der Waals surface area contributed by atoms with E-state index in [9.17, 15) is 0 Å². The van der Waals surface area contributed by atoms with Gasteiger partial charge >= 0.3 is 0 Å². The van der Waals surface area contributed by atoms with Crippen molar-refractivity contribution >= 4 is 23.0 Å². The lowest BCUT2D eigenvalue weighted by molar-refractivity contribution is 0.615. The maximum absolute atomic E-state index is 5.80. The second-order valence-electron chi connectivity index (χ2n) is 4.80. The predicted octanol–water partition coefficient (Wildman–Crippen LogP) is 1.42. The summed E-state index contributed by atoms with van der Waals surface area (Å²) in [5.74, 6) is 0.633. The van der Waals surface area contributed by atoms with Crippen molar-refractivity contribution in [2.24, 2.45) is 5.73 Å². The van der Waals surface area contributed by atoms with E-state index in [0.717, 1.165) is 23.4 Å². The van der Waals surface area contributed by atoms with Gasteiger partial charge in [-0.3, -0.25) is 0 Å². The molecule has 2 rings (SSSR count). The van der Waals surface area contributed by atoms with Crippen LogP contribution in [0.3, 0.4) is 0 Å². The summed E-state index contributed by atoms with van der Waals surface area (Å²) in [5, 5.41) is 11.6. The number of nitrogens with zero attached hydrogens (tertiary/aromatic N) is 4. The van der Waals surface area contributed by atoms with Gasteiger partial charge < -0.3 is 15.6 Å². The van der Waals surface area contributed by atoms with Gasteiger partial charge in [0.2, 0.25) is 0 Å². The van der Waals surface area contributed by atoms with Gasteiger partial charge in [-0.15, -0.1) is 5.10 Å². The second-order valence-corrected chi connectivity index (χ2v) is 5.24. The molecule has 0 bridgehead atoms. The van der Waals surface area contributed by atoms with E-state index >= 15 is 0 Å². The van der Waals surface area contributed by atoms with E-state index in [1.807, 2.05) is 24.6 Å². The SMILES string of the molecule is Cc1nnc(NC(C)Cn2ccnc2)c(C(N)=S)c1C. The van der Waals surface area contributed by atoms with Crippen molar-refractivity contribution in [2.75, 3.05) is 5.32 Å². The number of thiocarbonyl (C=S) groups is 1. The number of anilines is 1. The van der Waals surface area contributed by atoms with Crippen LogP contribution in [0, 0.1) is 13.8 Å². The largest absolute Gasteiger partial charge is 0.389 e. The molecule has 6 nitrogen and oxygen atoms in total. The summed E-state index contributed by atoms with van der Waals surface area (Å²) in [4.78, 5) is 4.35. The Hall–Kier alpha value is -2.02. The van der Waals surface area contributed by atoms with E-state index in [0.29, 0.717) is 10.8 Å². The molecule has 0 spiro atoms. The zero-order valence-corrected chi connectivity index (χ0v) is 12.6. The number of aryl methyl sites for hydroxylation is 1. The molecular weight excluding hydrogens is 272 g/mol. The third-order valence-electron chi connectivity index (χ3n) is 3.13. The minimum absolute atomic E-state index is 0.147. The highest BCUT2D eigenvalue weighted by atomic mass is 32.1. The van der Waals surface area contributed by atoms with Crippen LogP contribution in [-0.4, -0.2) is 30.8 Å². The Balaban J connectivity index is 2.20. The van der Waals surface area contributed by atoms with Crippen LogP contribution in [0.4, 0.5) is 5.82 Å². The number of nitrogens with one attached hydrogen (secondary N) is 1. The second kappa shape index (κ2) is 5.96. The molecule has 0 amide bonds. The maximum Gasteiger partial charge on any atom is 0.159 e. The fraction of sp³-hybridized carbons (Fsp3) is 0.385. The Bertz CT molecular complexity index is 608. The van der Waals surface area contributed by atoms with Gasteiger partial charge in [-0.05, 0) is 26.3 Å². The molecule has 20 heavy (non-hydrogen) atoms. The van der Waals surface area contributed by atoms with Crippen molar-refractivity contribution in [3.05, 3.63) is 35.5 Å². The first-order chi connectivity index (χ1) is 9.49. The minimum atomic E-state index is 0.147. The topological polar surface area (TPSA) is 81.7 Å². The Kier molecular flexibility index (Phi) is 4.29. The van der Waals surface area contributed by atoms with Crippen molar-refractivity contribution in [3.63, 3.8) is 0 Å². The molecule has 2 heterocycles. The lowest BCUT2D eigenvalue weighted by atomic mass is 10.1. The Labute approximate surface area is 123 Å². The molecule has 0 aliphatic rings. The summed E-state index contributed by atoms with van der Waals surface area (Å²) in [6.45, 7) is 6.67. The van der Waals surface area contributed by atoms with Crippen LogP contribution in [-0.2, 0) is 6.54 Å². The number of imidazole rings is 1. The van der Waals surface area contributed by atoms with Gasteiger partial charge in [-0.1, -0.05) is 12.2 Å². The fourth-order valence-corrected chi connectivity index (χ4v) is 2.25. The molecule has 0 fully saturated rings. The van der Waals surface area contributed by atoms with Gasteiger partial charge in [-0.25, -0.2) is 4.98 Å². The van der Waals surface area contributed by atoms with E-state index in [1.54, 1.807) is 12.5 Å². The van der Waals surface area contributed by atoms with Gasteiger partial charge in [-0.2, -0.15) is 5.10 Å². The molecule has 106 valence electrons. The van der Waals surface area contributed by atoms with Gasteiger partial charge in [0.15, 0.2) is 5.82 Å². The van der Waals surface area contributed by atoms with Crippen LogP contribution in [0.5, 0.6) is 0 Å². The quantitative estimate of drug-likeness (QED) is 0.811. The van der Waals surface area contributed by atoms with Crippen LogP contribution < -0.4 is 11.1 Å². The average Bonchev–Trinajstić information content (AvgIpc) is 2.86. The molecule has 7 heteroatoms. The molecule has 0 saturated heterocycles. The maximum atomic E-state index is 5.80. The lowest BCUT2D eigenvalue weighted by Gasteiger charge is -2.18. The fourth-order valence-electron chi connectivity index (χ4n) is 2.00. The molecule has 0 aromatic carbocycles. The Morgan fingerprint density at radius 2 is 2.20 bits per heavy atom. The first-order valence-electron chi connectivity index (χ1n) is 6.35. The molecule has 0 saturated carbocycles. The molecule has 1 atom stereocenters. The Morgan fingerprint density at radius 3 is 2.80 bits per heavy atom. The predicted molar refractivity (Wildman–Crippen MR) is 82.7 cm³/mol. The Morgan fingerprint density at radius 1 is 1.45 bits per heavy atom. The van der Waals surface area contributed by atoms with Crippen LogP contribution in [0.25, 0.3) is 0 Å². The van der Waals surface area contributed by atoms with Crippen molar-refractivity contribution in [1.29, 1.82) is 0 Å². The molecule has 0 radical (unpaired) electrons. The molecule has 1 unspecified atom stereocenters. The van der Waals surface area contributed by atoms with Gasteiger partial charge in [0, 0.05) is 25.0 Å². The molecule has 0 aliphatic carbocycles. The average molecular weight is 290 g/mol. The van der Waals surface area contributed by atoms with Gasteiger partial charge in [0.25, 0.3) is 0 Å². The highest BCUT2D eigenvalue weighted by Gasteiger charge is 2.15. The third kappa shape index (κ3) is 3.11. The number of hydrogen-bond acceptors (Lipinski definition) is 5. The summed E-state index contributed by atoms with van der Waals surface area (Å²) >= 11 is 5.12. The monoisotopic (exact) mass is 290 g/mol. The summed E-state index contributed by atoms with van der Waals surface area (Å²) in [6, 6.07) is 0.147. The molecular formula is C13H18N6S.